The van der Waals surface area contributed by atoms with Gasteiger partial charge < -0.3 is 19.5 Å². The van der Waals surface area contributed by atoms with Crippen molar-refractivity contribution in [3.8, 4) is 28.1 Å². The molecule has 6 rings (SSSR count). The summed E-state index contributed by atoms with van der Waals surface area (Å²) in [6.07, 6.45) is 6.45. The molecule has 1 atom stereocenters. The number of likely N-dealkylation sites (tertiary alicyclic amines) is 1. The number of aromatic nitrogens is 3. The molecule has 1 fully saturated rings. The standard InChI is InChI=1S/C30H29N5O2/c1-34(2)22-12-14-35(18-22)30(36)20-8-6-19(7-9-20)28-27(37-3)11-10-24-29(28)23-15-25(32-17-26(23)33-24)21-5-4-13-31-16-21/h4-11,13,15-17,22,33H,12,14,18H2,1-3H3/t22-/m1/s1. The molecule has 7 nitrogen and oxygen atoms in total. The number of amides is 1. The van der Waals surface area contributed by atoms with Crippen LogP contribution in [0.3, 0.4) is 0 Å². The van der Waals surface area contributed by atoms with Crippen molar-refractivity contribution < 1.29 is 9.53 Å². The molecular formula is C30H29N5O2. The minimum atomic E-state index is 0.0837. The quantitative estimate of drug-likeness (QED) is 0.364. The minimum Gasteiger partial charge on any atom is -0.496 e. The summed E-state index contributed by atoms with van der Waals surface area (Å²) in [5, 5.41) is 2.12. The number of carbonyl (C=O) groups excluding carboxylic acids is 1. The van der Waals surface area contributed by atoms with Crippen LogP contribution in [-0.2, 0) is 0 Å². The summed E-state index contributed by atoms with van der Waals surface area (Å²) >= 11 is 0. The number of likely N-dealkylation sites (N-methyl/N-ethyl adjacent to an activating group) is 1. The molecule has 2 aromatic carbocycles. The van der Waals surface area contributed by atoms with Crippen LogP contribution >= 0.6 is 0 Å². The van der Waals surface area contributed by atoms with E-state index in [0.29, 0.717) is 11.6 Å². The van der Waals surface area contributed by atoms with E-state index in [1.807, 2.05) is 65.8 Å². The summed E-state index contributed by atoms with van der Waals surface area (Å²) in [7, 11) is 5.83. The topological polar surface area (TPSA) is 74.3 Å². The van der Waals surface area contributed by atoms with Crippen molar-refractivity contribution in [2.24, 2.45) is 0 Å². The molecule has 1 amide bonds. The van der Waals surface area contributed by atoms with Gasteiger partial charge in [0.25, 0.3) is 5.91 Å². The number of methoxy groups -OCH3 is 1. The zero-order chi connectivity index (χ0) is 25.5. The van der Waals surface area contributed by atoms with Crippen molar-refractivity contribution in [1.29, 1.82) is 0 Å². The van der Waals surface area contributed by atoms with Gasteiger partial charge in [-0.3, -0.25) is 14.8 Å². The number of hydrogen-bond acceptors (Lipinski definition) is 5. The molecule has 1 saturated heterocycles. The lowest BCUT2D eigenvalue weighted by Crippen LogP contribution is -2.34. The Morgan fingerprint density at radius 3 is 2.59 bits per heavy atom. The molecule has 0 spiro atoms. The first-order valence-corrected chi connectivity index (χ1v) is 12.5. The molecule has 7 heteroatoms. The average Bonchev–Trinajstić information content (AvgIpc) is 3.58. The highest BCUT2D eigenvalue weighted by molar-refractivity contribution is 6.16. The maximum absolute atomic E-state index is 13.2. The van der Waals surface area contributed by atoms with E-state index in [0.717, 1.165) is 69.4 Å². The van der Waals surface area contributed by atoms with E-state index in [1.54, 1.807) is 13.3 Å². The lowest BCUT2D eigenvalue weighted by atomic mass is 9.97. The van der Waals surface area contributed by atoms with Gasteiger partial charge in [0.05, 0.1) is 24.5 Å². The van der Waals surface area contributed by atoms with Crippen LogP contribution in [-0.4, -0.2) is 71.0 Å². The molecule has 0 radical (unpaired) electrons. The fourth-order valence-electron chi connectivity index (χ4n) is 5.31. The van der Waals surface area contributed by atoms with Crippen LogP contribution in [0.4, 0.5) is 0 Å². The number of nitrogens with one attached hydrogen (secondary N) is 1. The molecule has 4 heterocycles. The van der Waals surface area contributed by atoms with E-state index >= 15 is 0 Å². The van der Waals surface area contributed by atoms with Crippen molar-refractivity contribution in [2.45, 2.75) is 12.5 Å². The Morgan fingerprint density at radius 2 is 1.89 bits per heavy atom. The molecule has 0 bridgehead atoms. The Kier molecular flexibility index (Phi) is 5.85. The second-order valence-corrected chi connectivity index (χ2v) is 9.78. The highest BCUT2D eigenvalue weighted by atomic mass is 16.5. The zero-order valence-electron chi connectivity index (χ0n) is 21.2. The molecule has 0 aliphatic carbocycles. The number of fused-ring (bicyclic) bond motifs is 3. The fraction of sp³-hybridized carbons (Fsp3) is 0.233. The largest absolute Gasteiger partial charge is 0.496 e. The summed E-state index contributed by atoms with van der Waals surface area (Å²) in [6, 6.07) is 18.3. The smallest absolute Gasteiger partial charge is 0.253 e. The van der Waals surface area contributed by atoms with Gasteiger partial charge in [-0.05, 0) is 68.5 Å². The number of hydrogen-bond donors (Lipinski definition) is 1. The fourth-order valence-corrected chi connectivity index (χ4v) is 5.31. The third-order valence-electron chi connectivity index (χ3n) is 7.39. The third-order valence-corrected chi connectivity index (χ3v) is 7.39. The number of nitrogens with zero attached hydrogens (tertiary/aromatic N) is 4. The second kappa shape index (κ2) is 9.33. The van der Waals surface area contributed by atoms with Crippen LogP contribution in [0.5, 0.6) is 5.75 Å². The number of carbonyl (C=O) groups is 1. The molecule has 1 aliphatic heterocycles. The molecule has 0 saturated carbocycles. The SMILES string of the molecule is COc1ccc2[nH]c3cnc(-c4cccnc4)cc3c2c1-c1ccc(C(=O)N2CC[C@@H](N(C)C)C2)cc1. The van der Waals surface area contributed by atoms with Crippen LogP contribution < -0.4 is 4.74 Å². The second-order valence-electron chi connectivity index (χ2n) is 9.78. The molecule has 0 unspecified atom stereocenters. The molecule has 5 aromatic rings. The van der Waals surface area contributed by atoms with Crippen LogP contribution in [0.25, 0.3) is 44.2 Å². The molecule has 37 heavy (non-hydrogen) atoms. The van der Waals surface area contributed by atoms with Crippen LogP contribution in [0, 0.1) is 0 Å². The Balaban J connectivity index is 1.42. The normalized spacial score (nSPS) is 15.7. The highest BCUT2D eigenvalue weighted by Crippen LogP contribution is 2.41. The summed E-state index contributed by atoms with van der Waals surface area (Å²) in [6.45, 7) is 1.56. The maximum Gasteiger partial charge on any atom is 0.253 e. The number of ether oxygens (including phenoxy) is 1. The van der Waals surface area contributed by atoms with E-state index in [9.17, 15) is 4.79 Å². The number of benzene rings is 2. The highest BCUT2D eigenvalue weighted by Gasteiger charge is 2.28. The van der Waals surface area contributed by atoms with E-state index < -0.39 is 0 Å². The van der Waals surface area contributed by atoms with Gasteiger partial charge in [-0.15, -0.1) is 0 Å². The molecular weight excluding hydrogens is 462 g/mol. The summed E-state index contributed by atoms with van der Waals surface area (Å²) in [5.41, 5.74) is 6.46. The van der Waals surface area contributed by atoms with Gasteiger partial charge in [-0.2, -0.15) is 0 Å². The van der Waals surface area contributed by atoms with Gasteiger partial charge in [-0.1, -0.05) is 12.1 Å². The van der Waals surface area contributed by atoms with E-state index in [2.05, 4.69) is 40.0 Å². The monoisotopic (exact) mass is 491 g/mol. The number of H-pyrrole nitrogens is 1. The Morgan fingerprint density at radius 1 is 1.05 bits per heavy atom. The maximum atomic E-state index is 13.2. The number of aromatic amines is 1. The van der Waals surface area contributed by atoms with Gasteiger partial charge in [-0.25, -0.2) is 0 Å². The predicted molar refractivity (Wildman–Crippen MR) is 147 cm³/mol. The van der Waals surface area contributed by atoms with Crippen molar-refractivity contribution in [3.05, 3.63) is 78.8 Å². The number of pyridine rings is 2. The summed E-state index contributed by atoms with van der Waals surface area (Å²) < 4.78 is 5.81. The van der Waals surface area contributed by atoms with Crippen LogP contribution in [0.15, 0.2) is 73.2 Å². The van der Waals surface area contributed by atoms with E-state index in [-0.39, 0.29) is 5.91 Å². The molecule has 1 N–H and O–H groups in total. The first-order valence-electron chi connectivity index (χ1n) is 12.5. The molecule has 186 valence electrons. The van der Waals surface area contributed by atoms with Crippen molar-refractivity contribution in [3.63, 3.8) is 0 Å². The Bertz CT molecular complexity index is 1590. The summed E-state index contributed by atoms with van der Waals surface area (Å²) in [4.78, 5) is 29.7. The predicted octanol–water partition coefficient (Wildman–Crippen LogP) is 5.23. The Labute approximate surface area is 215 Å². The first-order chi connectivity index (χ1) is 18.0. The van der Waals surface area contributed by atoms with Gasteiger partial charge in [0, 0.05) is 64.5 Å². The lowest BCUT2D eigenvalue weighted by Gasteiger charge is -2.20. The number of rotatable bonds is 5. The molecule has 3 aromatic heterocycles. The van der Waals surface area contributed by atoms with Gasteiger partial charge >= 0.3 is 0 Å². The third kappa shape index (κ3) is 4.11. The van der Waals surface area contributed by atoms with Crippen molar-refractivity contribution in [2.75, 3.05) is 34.3 Å². The average molecular weight is 492 g/mol. The van der Waals surface area contributed by atoms with Crippen LogP contribution in [0.1, 0.15) is 16.8 Å². The van der Waals surface area contributed by atoms with Crippen molar-refractivity contribution >= 4 is 27.7 Å². The Hall–Kier alpha value is -4.23. The van der Waals surface area contributed by atoms with E-state index in [1.165, 1.54) is 0 Å². The lowest BCUT2D eigenvalue weighted by molar-refractivity contribution is 0.0783. The summed E-state index contributed by atoms with van der Waals surface area (Å²) in [5.74, 6) is 0.862. The van der Waals surface area contributed by atoms with Crippen molar-refractivity contribution in [1.82, 2.24) is 24.8 Å². The molecule has 1 aliphatic rings. The van der Waals surface area contributed by atoms with E-state index in [4.69, 9.17) is 4.74 Å². The minimum absolute atomic E-state index is 0.0837. The first kappa shape index (κ1) is 23.2. The zero-order valence-corrected chi connectivity index (χ0v) is 21.2. The van der Waals surface area contributed by atoms with Gasteiger partial charge in [0.15, 0.2) is 0 Å². The van der Waals surface area contributed by atoms with Crippen LogP contribution in [0.2, 0.25) is 0 Å². The van der Waals surface area contributed by atoms with Gasteiger partial charge in [0.2, 0.25) is 0 Å². The van der Waals surface area contributed by atoms with Gasteiger partial charge in [0.1, 0.15) is 5.75 Å².